The van der Waals surface area contributed by atoms with Crippen molar-refractivity contribution in [2.75, 3.05) is 0 Å². The van der Waals surface area contributed by atoms with Gasteiger partial charge in [-0.25, -0.2) is 19.5 Å². The second-order valence-corrected chi connectivity index (χ2v) is 8.26. The van der Waals surface area contributed by atoms with E-state index in [9.17, 15) is 13.2 Å². The van der Waals surface area contributed by atoms with Crippen LogP contribution in [0.5, 0.6) is 0 Å². The van der Waals surface area contributed by atoms with Gasteiger partial charge in [-0.3, -0.25) is 4.68 Å². The summed E-state index contributed by atoms with van der Waals surface area (Å²) in [6.07, 6.45) is 0.909. The van der Waals surface area contributed by atoms with Crippen LogP contribution >= 0.6 is 22.9 Å². The lowest BCUT2D eigenvalue weighted by molar-refractivity contribution is -0.141. The van der Waals surface area contributed by atoms with Crippen LogP contribution in [0.25, 0.3) is 26.1 Å². The Morgan fingerprint density at radius 3 is 2.73 bits per heavy atom. The van der Waals surface area contributed by atoms with Crippen LogP contribution in [0.2, 0.25) is 5.02 Å². The van der Waals surface area contributed by atoms with Crippen LogP contribution < -0.4 is 0 Å². The summed E-state index contributed by atoms with van der Waals surface area (Å²) < 4.78 is 43.4. The number of aryl methyl sites for hydroxylation is 1. The maximum absolute atomic E-state index is 13.2. The second kappa shape index (κ2) is 6.61. The van der Waals surface area contributed by atoms with E-state index in [0.29, 0.717) is 44.1 Å². The molecule has 0 aliphatic rings. The van der Waals surface area contributed by atoms with Crippen LogP contribution in [0.1, 0.15) is 36.5 Å². The molecule has 0 N–H and O–H groups in total. The summed E-state index contributed by atoms with van der Waals surface area (Å²) in [5.74, 6) is 0.518. The standard InChI is InChI=1S/C18H13ClF3N7S/c1-3-10(28-6-9(19)5-24-28)15-26-16-14-13(23-7-29(16)27-15)12-8(2)4-11(18(20,21)22)25-17(12)30-14/h4-7,10H,3H2,1-2H3. The molecule has 7 nitrogen and oxygen atoms in total. The number of hydrogen-bond donors (Lipinski definition) is 0. The zero-order valence-electron chi connectivity index (χ0n) is 15.6. The lowest BCUT2D eigenvalue weighted by atomic mass is 10.1. The van der Waals surface area contributed by atoms with Crippen molar-refractivity contribution in [3.05, 3.63) is 46.9 Å². The van der Waals surface area contributed by atoms with E-state index in [1.807, 2.05) is 6.92 Å². The van der Waals surface area contributed by atoms with Crippen LogP contribution in [0.3, 0.4) is 0 Å². The fraction of sp³-hybridized carbons (Fsp3) is 0.278. The SMILES string of the molecule is CCC(c1nc2c3sc4nc(C(F)(F)F)cc(C)c4c3ncn2n1)n1cc(Cl)cn1. The van der Waals surface area contributed by atoms with Crippen molar-refractivity contribution in [2.45, 2.75) is 32.5 Å². The predicted molar refractivity (Wildman–Crippen MR) is 107 cm³/mol. The summed E-state index contributed by atoms with van der Waals surface area (Å²) in [7, 11) is 0. The first-order valence-corrected chi connectivity index (χ1v) is 10.2. The molecule has 0 amide bonds. The molecule has 5 aromatic heterocycles. The summed E-state index contributed by atoms with van der Waals surface area (Å²) in [6.45, 7) is 3.60. The molecule has 1 atom stereocenters. The van der Waals surface area contributed by atoms with Gasteiger partial charge in [-0.15, -0.1) is 16.4 Å². The van der Waals surface area contributed by atoms with Crippen molar-refractivity contribution >= 4 is 49.0 Å². The van der Waals surface area contributed by atoms with Crippen LogP contribution in [0.15, 0.2) is 24.8 Å². The van der Waals surface area contributed by atoms with E-state index in [-0.39, 0.29) is 10.9 Å². The first kappa shape index (κ1) is 19.2. The Labute approximate surface area is 176 Å². The highest BCUT2D eigenvalue weighted by atomic mass is 35.5. The van der Waals surface area contributed by atoms with Gasteiger partial charge in [0.1, 0.15) is 27.6 Å². The van der Waals surface area contributed by atoms with Gasteiger partial charge in [-0.05, 0) is 25.0 Å². The average molecular weight is 452 g/mol. The summed E-state index contributed by atoms with van der Waals surface area (Å²) in [6, 6.07) is 0.808. The molecule has 5 aromatic rings. The number of fused-ring (bicyclic) bond motifs is 5. The van der Waals surface area contributed by atoms with Crippen molar-refractivity contribution in [3.8, 4) is 0 Å². The zero-order valence-corrected chi connectivity index (χ0v) is 17.2. The minimum absolute atomic E-state index is 0.237. The summed E-state index contributed by atoms with van der Waals surface area (Å²) in [5, 5.41) is 9.86. The molecule has 0 saturated carbocycles. The van der Waals surface area contributed by atoms with Gasteiger partial charge < -0.3 is 0 Å². The maximum Gasteiger partial charge on any atom is 0.433 e. The number of halogens is 4. The molecule has 0 saturated heterocycles. The fourth-order valence-corrected chi connectivity index (χ4v) is 4.81. The van der Waals surface area contributed by atoms with Gasteiger partial charge >= 0.3 is 6.18 Å². The molecule has 1 unspecified atom stereocenters. The monoisotopic (exact) mass is 451 g/mol. The summed E-state index contributed by atoms with van der Waals surface area (Å²) in [5.41, 5.74) is 0.629. The third-order valence-electron chi connectivity index (χ3n) is 4.85. The molecule has 0 aliphatic carbocycles. The van der Waals surface area contributed by atoms with E-state index in [1.165, 1.54) is 10.8 Å². The average Bonchev–Trinajstić information content (AvgIpc) is 3.37. The Morgan fingerprint density at radius 1 is 1.27 bits per heavy atom. The lowest BCUT2D eigenvalue weighted by Crippen LogP contribution is -2.12. The van der Waals surface area contributed by atoms with E-state index >= 15 is 0 Å². The van der Waals surface area contributed by atoms with E-state index in [2.05, 4.69) is 25.1 Å². The number of thiophene rings is 1. The molecule has 30 heavy (non-hydrogen) atoms. The second-order valence-electron chi connectivity index (χ2n) is 6.83. The largest absolute Gasteiger partial charge is 0.433 e. The van der Waals surface area contributed by atoms with Gasteiger partial charge in [-0.2, -0.15) is 18.3 Å². The van der Waals surface area contributed by atoms with Crippen molar-refractivity contribution in [3.63, 3.8) is 0 Å². The molecular weight excluding hydrogens is 439 g/mol. The minimum Gasteiger partial charge on any atom is -0.260 e. The van der Waals surface area contributed by atoms with Gasteiger partial charge in [0.25, 0.3) is 0 Å². The molecular formula is C18H13ClF3N7S. The summed E-state index contributed by atoms with van der Waals surface area (Å²) >= 11 is 7.11. The Kier molecular flexibility index (Phi) is 4.23. The van der Waals surface area contributed by atoms with E-state index < -0.39 is 11.9 Å². The zero-order chi connectivity index (χ0) is 21.2. The molecule has 0 aromatic carbocycles. The van der Waals surface area contributed by atoms with Crippen LogP contribution in [0.4, 0.5) is 13.2 Å². The number of hydrogen-bond acceptors (Lipinski definition) is 6. The van der Waals surface area contributed by atoms with Gasteiger partial charge in [0, 0.05) is 11.6 Å². The molecule has 0 fully saturated rings. The quantitative estimate of drug-likeness (QED) is 0.383. The Bertz CT molecular complexity index is 1420. The highest BCUT2D eigenvalue weighted by molar-refractivity contribution is 7.26. The van der Waals surface area contributed by atoms with E-state index in [1.54, 1.807) is 24.0 Å². The minimum atomic E-state index is -4.51. The van der Waals surface area contributed by atoms with Crippen LogP contribution in [0, 0.1) is 6.92 Å². The number of aromatic nitrogens is 7. The molecule has 12 heteroatoms. The maximum atomic E-state index is 13.2. The third kappa shape index (κ3) is 2.91. The Morgan fingerprint density at radius 2 is 2.07 bits per heavy atom. The molecule has 0 radical (unpaired) electrons. The number of nitrogens with zero attached hydrogens (tertiary/aromatic N) is 7. The molecule has 0 aliphatic heterocycles. The molecule has 0 spiro atoms. The van der Waals surface area contributed by atoms with Crippen molar-refractivity contribution < 1.29 is 13.2 Å². The van der Waals surface area contributed by atoms with Crippen LogP contribution in [-0.4, -0.2) is 34.3 Å². The molecule has 0 bridgehead atoms. The molecule has 154 valence electrons. The number of pyridine rings is 1. The highest BCUT2D eigenvalue weighted by Gasteiger charge is 2.34. The smallest absolute Gasteiger partial charge is 0.260 e. The molecule has 5 rings (SSSR count). The highest BCUT2D eigenvalue weighted by Crippen LogP contribution is 2.38. The van der Waals surface area contributed by atoms with Gasteiger partial charge in [0.15, 0.2) is 11.5 Å². The summed E-state index contributed by atoms with van der Waals surface area (Å²) in [4.78, 5) is 13.2. The fourth-order valence-electron chi connectivity index (χ4n) is 3.49. The van der Waals surface area contributed by atoms with Crippen molar-refractivity contribution in [1.82, 2.24) is 34.3 Å². The Balaban J connectivity index is 1.73. The third-order valence-corrected chi connectivity index (χ3v) is 6.11. The van der Waals surface area contributed by atoms with Gasteiger partial charge in [0.2, 0.25) is 0 Å². The van der Waals surface area contributed by atoms with Gasteiger partial charge in [-0.1, -0.05) is 18.5 Å². The van der Waals surface area contributed by atoms with E-state index in [0.717, 1.165) is 17.4 Å². The molecule has 5 heterocycles. The normalized spacial score (nSPS) is 13.7. The predicted octanol–water partition coefficient (Wildman–Crippen LogP) is 5.06. The number of alkyl halides is 3. The van der Waals surface area contributed by atoms with Crippen molar-refractivity contribution in [1.29, 1.82) is 0 Å². The van der Waals surface area contributed by atoms with Gasteiger partial charge in [0.05, 0.1) is 16.7 Å². The van der Waals surface area contributed by atoms with Crippen molar-refractivity contribution in [2.24, 2.45) is 0 Å². The topological polar surface area (TPSA) is 73.8 Å². The Hall–Kier alpha value is -2.79. The lowest BCUT2D eigenvalue weighted by Gasteiger charge is -2.10. The van der Waals surface area contributed by atoms with Crippen LogP contribution in [-0.2, 0) is 6.18 Å². The number of rotatable bonds is 3. The first-order valence-electron chi connectivity index (χ1n) is 8.98. The van der Waals surface area contributed by atoms with E-state index in [4.69, 9.17) is 11.6 Å². The first-order chi connectivity index (χ1) is 14.3.